The van der Waals surface area contributed by atoms with E-state index in [1.165, 1.54) is 23.3 Å². The third-order valence-corrected chi connectivity index (χ3v) is 3.52. The number of aromatic hydroxyl groups is 3. The number of hydrogen-bond donors (Lipinski definition) is 5. The van der Waals surface area contributed by atoms with Gasteiger partial charge in [0.25, 0.3) is 0 Å². The zero-order valence-electron chi connectivity index (χ0n) is 13.1. The van der Waals surface area contributed by atoms with Crippen LogP contribution in [-0.4, -0.2) is 15.3 Å². The van der Waals surface area contributed by atoms with Gasteiger partial charge in [-0.3, -0.25) is 5.01 Å². The minimum atomic E-state index is -0.147. The summed E-state index contributed by atoms with van der Waals surface area (Å²) in [5.74, 6) is 5.84. The van der Waals surface area contributed by atoms with E-state index in [-0.39, 0.29) is 28.9 Å². The van der Waals surface area contributed by atoms with Gasteiger partial charge in [-0.1, -0.05) is 26.0 Å². The number of anilines is 1. The number of rotatable bonds is 4. The number of nitrogens with two attached hydrogens (primary N) is 2. The fourth-order valence-corrected chi connectivity index (χ4v) is 2.26. The van der Waals surface area contributed by atoms with Crippen LogP contribution in [-0.2, 0) is 0 Å². The Morgan fingerprint density at radius 1 is 1.04 bits per heavy atom. The first-order chi connectivity index (χ1) is 10.8. The van der Waals surface area contributed by atoms with Gasteiger partial charge >= 0.3 is 0 Å². The van der Waals surface area contributed by atoms with E-state index in [4.69, 9.17) is 11.6 Å². The van der Waals surface area contributed by atoms with E-state index in [1.807, 2.05) is 13.8 Å². The quantitative estimate of drug-likeness (QED) is 0.437. The summed E-state index contributed by atoms with van der Waals surface area (Å²) >= 11 is 0. The number of nitrogens with zero attached hydrogens (tertiary/aromatic N) is 1. The zero-order chi connectivity index (χ0) is 17.1. The van der Waals surface area contributed by atoms with E-state index in [2.05, 4.69) is 0 Å². The standard InChI is InChI=1S/C17H21N3O3/c1-10(2)11-7-12(17(23)8-16(11)22)13(18)9-20(19)14-5-3-4-6-15(14)21/h3-10,21-23H,18-19H2,1-2H3/b13-9-. The largest absolute Gasteiger partial charge is 0.508 e. The molecule has 0 bridgehead atoms. The van der Waals surface area contributed by atoms with Gasteiger partial charge < -0.3 is 21.1 Å². The predicted molar refractivity (Wildman–Crippen MR) is 90.8 cm³/mol. The van der Waals surface area contributed by atoms with Gasteiger partial charge in [-0.15, -0.1) is 0 Å². The SMILES string of the molecule is CC(C)c1cc(/C(N)=C/N(N)c2ccccc2O)c(O)cc1O. The maximum atomic E-state index is 10.0. The predicted octanol–water partition coefficient (Wildman–Crippen LogP) is 2.56. The van der Waals surface area contributed by atoms with Crippen molar-refractivity contribution in [3.63, 3.8) is 0 Å². The molecule has 0 unspecified atom stereocenters. The molecule has 0 aliphatic carbocycles. The molecule has 0 atom stereocenters. The molecule has 122 valence electrons. The molecule has 0 amide bonds. The molecule has 0 radical (unpaired) electrons. The van der Waals surface area contributed by atoms with Crippen LogP contribution in [0.15, 0.2) is 42.6 Å². The second kappa shape index (κ2) is 6.50. The van der Waals surface area contributed by atoms with Crippen LogP contribution in [0.1, 0.15) is 30.9 Å². The topological polar surface area (TPSA) is 116 Å². The highest BCUT2D eigenvalue weighted by Gasteiger charge is 2.14. The van der Waals surface area contributed by atoms with Crippen LogP contribution in [0.3, 0.4) is 0 Å². The van der Waals surface area contributed by atoms with Crippen LogP contribution >= 0.6 is 0 Å². The number of phenols is 3. The van der Waals surface area contributed by atoms with Crippen molar-refractivity contribution in [3.05, 3.63) is 53.7 Å². The normalized spacial score (nSPS) is 11.7. The Hall–Kier alpha value is -2.86. The smallest absolute Gasteiger partial charge is 0.140 e. The first kappa shape index (κ1) is 16.5. The van der Waals surface area contributed by atoms with E-state index in [0.717, 1.165) is 0 Å². The Labute approximate surface area is 134 Å². The molecule has 0 heterocycles. The van der Waals surface area contributed by atoms with Crippen molar-refractivity contribution in [1.82, 2.24) is 0 Å². The fourth-order valence-electron chi connectivity index (χ4n) is 2.26. The summed E-state index contributed by atoms with van der Waals surface area (Å²) in [4.78, 5) is 0. The number of para-hydroxylation sites is 2. The lowest BCUT2D eigenvalue weighted by atomic mass is 9.98. The van der Waals surface area contributed by atoms with Gasteiger partial charge in [-0.2, -0.15) is 0 Å². The van der Waals surface area contributed by atoms with E-state index >= 15 is 0 Å². The van der Waals surface area contributed by atoms with Crippen molar-refractivity contribution in [1.29, 1.82) is 0 Å². The van der Waals surface area contributed by atoms with Gasteiger partial charge in [0, 0.05) is 17.8 Å². The molecule has 6 heteroatoms. The highest BCUT2D eigenvalue weighted by molar-refractivity contribution is 5.73. The van der Waals surface area contributed by atoms with Crippen molar-refractivity contribution >= 4 is 11.4 Å². The van der Waals surface area contributed by atoms with Gasteiger partial charge in [-0.05, 0) is 29.7 Å². The Kier molecular flexibility index (Phi) is 4.66. The van der Waals surface area contributed by atoms with Crippen LogP contribution in [0.5, 0.6) is 17.2 Å². The molecule has 0 saturated carbocycles. The highest BCUT2D eigenvalue weighted by Crippen LogP contribution is 2.34. The van der Waals surface area contributed by atoms with Gasteiger partial charge in [0.05, 0.1) is 11.4 Å². The number of phenolic OH excluding ortho intramolecular Hbond substituents is 3. The lowest BCUT2D eigenvalue weighted by Crippen LogP contribution is -2.25. The maximum Gasteiger partial charge on any atom is 0.140 e. The van der Waals surface area contributed by atoms with E-state index in [1.54, 1.807) is 24.3 Å². The van der Waals surface area contributed by atoms with Crippen molar-refractivity contribution in [2.24, 2.45) is 11.6 Å². The molecular formula is C17H21N3O3. The fraction of sp³-hybridized carbons (Fsp3) is 0.176. The Balaban J connectivity index is 2.42. The van der Waals surface area contributed by atoms with Gasteiger partial charge in [0.1, 0.15) is 17.2 Å². The van der Waals surface area contributed by atoms with Crippen molar-refractivity contribution in [2.75, 3.05) is 5.01 Å². The number of benzene rings is 2. The molecule has 23 heavy (non-hydrogen) atoms. The number of hydrazine groups is 1. The third kappa shape index (κ3) is 3.49. The Morgan fingerprint density at radius 3 is 2.30 bits per heavy atom. The summed E-state index contributed by atoms with van der Waals surface area (Å²) in [6, 6.07) is 9.43. The lowest BCUT2D eigenvalue weighted by molar-refractivity contribution is 0.443. The molecule has 2 rings (SSSR count). The molecule has 2 aromatic carbocycles. The van der Waals surface area contributed by atoms with Crippen LogP contribution in [0, 0.1) is 0 Å². The molecule has 0 saturated heterocycles. The minimum absolute atomic E-state index is 0.0110. The molecule has 0 fully saturated rings. The summed E-state index contributed by atoms with van der Waals surface area (Å²) < 4.78 is 0. The zero-order valence-corrected chi connectivity index (χ0v) is 13.1. The number of hydrogen-bond acceptors (Lipinski definition) is 6. The molecule has 0 aromatic heterocycles. The van der Waals surface area contributed by atoms with Crippen LogP contribution in [0.25, 0.3) is 5.70 Å². The first-order valence-corrected chi connectivity index (χ1v) is 7.16. The average molecular weight is 315 g/mol. The molecule has 2 aromatic rings. The van der Waals surface area contributed by atoms with E-state index in [0.29, 0.717) is 16.8 Å². The molecule has 6 nitrogen and oxygen atoms in total. The Morgan fingerprint density at radius 2 is 1.70 bits per heavy atom. The Bertz CT molecular complexity index is 742. The highest BCUT2D eigenvalue weighted by atomic mass is 16.3. The lowest BCUT2D eigenvalue weighted by Gasteiger charge is -2.17. The molecule has 0 aliphatic heterocycles. The minimum Gasteiger partial charge on any atom is -0.508 e. The van der Waals surface area contributed by atoms with Crippen LogP contribution < -0.4 is 16.6 Å². The third-order valence-electron chi connectivity index (χ3n) is 3.52. The maximum absolute atomic E-state index is 10.0. The van der Waals surface area contributed by atoms with Crippen molar-refractivity contribution in [2.45, 2.75) is 19.8 Å². The van der Waals surface area contributed by atoms with E-state index in [9.17, 15) is 15.3 Å². The van der Waals surface area contributed by atoms with E-state index < -0.39 is 0 Å². The van der Waals surface area contributed by atoms with Gasteiger partial charge in [0.2, 0.25) is 0 Å². The summed E-state index contributed by atoms with van der Waals surface area (Å²) in [5, 5.41) is 30.9. The van der Waals surface area contributed by atoms with Crippen molar-refractivity contribution < 1.29 is 15.3 Å². The molecular weight excluding hydrogens is 294 g/mol. The van der Waals surface area contributed by atoms with Gasteiger partial charge in [-0.25, -0.2) is 5.84 Å². The summed E-state index contributed by atoms with van der Waals surface area (Å²) in [5.41, 5.74) is 7.62. The van der Waals surface area contributed by atoms with Crippen LogP contribution in [0.2, 0.25) is 0 Å². The summed E-state index contributed by atoms with van der Waals surface area (Å²) in [6.07, 6.45) is 1.39. The van der Waals surface area contributed by atoms with Crippen LogP contribution in [0.4, 0.5) is 5.69 Å². The molecule has 0 aliphatic rings. The average Bonchev–Trinajstić information content (AvgIpc) is 2.46. The second-order valence-electron chi connectivity index (χ2n) is 5.56. The monoisotopic (exact) mass is 315 g/mol. The summed E-state index contributed by atoms with van der Waals surface area (Å²) in [7, 11) is 0. The first-order valence-electron chi connectivity index (χ1n) is 7.16. The summed E-state index contributed by atoms with van der Waals surface area (Å²) in [6.45, 7) is 3.85. The molecule has 0 spiro atoms. The second-order valence-corrected chi connectivity index (χ2v) is 5.56. The molecule has 7 N–H and O–H groups in total. The van der Waals surface area contributed by atoms with Crippen molar-refractivity contribution in [3.8, 4) is 17.2 Å². The van der Waals surface area contributed by atoms with Gasteiger partial charge in [0.15, 0.2) is 0 Å².